The zero-order valence-electron chi connectivity index (χ0n) is 10.1. The van der Waals surface area contributed by atoms with E-state index in [1.54, 1.807) is 30.3 Å². The van der Waals surface area contributed by atoms with Gasteiger partial charge in [0.1, 0.15) is 6.61 Å². The van der Waals surface area contributed by atoms with Gasteiger partial charge in [-0.1, -0.05) is 18.2 Å². The van der Waals surface area contributed by atoms with Crippen LogP contribution in [0.4, 0.5) is 10.1 Å². The lowest BCUT2D eigenvalue weighted by Gasteiger charge is -2.10. The first-order chi connectivity index (χ1) is 9.08. The van der Waals surface area contributed by atoms with E-state index < -0.39 is 11.7 Å². The molecule has 1 amide bonds. The number of hydrogen-bond acceptors (Lipinski definition) is 3. The number of rotatable bonds is 4. The second-order valence-corrected chi connectivity index (χ2v) is 4.00. The lowest BCUT2D eigenvalue weighted by molar-refractivity contribution is 0.0998. The zero-order chi connectivity index (χ0) is 13.8. The van der Waals surface area contributed by atoms with Crippen LogP contribution in [0.15, 0.2) is 42.5 Å². The van der Waals surface area contributed by atoms with E-state index >= 15 is 0 Å². The standard InChI is InChI=1S/C14H13FN2O2/c15-12-7-10(16)5-6-13(12)19-8-9-3-1-2-4-11(9)14(17)18/h1-7H,8,16H2,(H2,17,18). The molecule has 0 heterocycles. The number of hydrogen-bond donors (Lipinski definition) is 2. The van der Waals surface area contributed by atoms with Gasteiger partial charge in [0, 0.05) is 22.9 Å². The molecule has 0 aliphatic heterocycles. The smallest absolute Gasteiger partial charge is 0.249 e. The molecule has 5 heteroatoms. The fourth-order valence-electron chi connectivity index (χ4n) is 1.68. The molecule has 0 aliphatic carbocycles. The van der Waals surface area contributed by atoms with E-state index in [4.69, 9.17) is 16.2 Å². The summed E-state index contributed by atoms with van der Waals surface area (Å²) in [6.45, 7) is 0.0555. The topological polar surface area (TPSA) is 78.3 Å². The molecule has 0 aromatic heterocycles. The van der Waals surface area contributed by atoms with Gasteiger partial charge in [-0.2, -0.15) is 0 Å². The first-order valence-corrected chi connectivity index (χ1v) is 5.63. The summed E-state index contributed by atoms with van der Waals surface area (Å²) in [6, 6.07) is 10.9. The summed E-state index contributed by atoms with van der Waals surface area (Å²) in [6.07, 6.45) is 0. The van der Waals surface area contributed by atoms with Crippen LogP contribution >= 0.6 is 0 Å². The first kappa shape index (κ1) is 12.9. The second kappa shape index (κ2) is 5.39. The van der Waals surface area contributed by atoms with Gasteiger partial charge in [-0.15, -0.1) is 0 Å². The molecule has 0 bridgehead atoms. The molecule has 0 atom stereocenters. The predicted molar refractivity (Wildman–Crippen MR) is 70.1 cm³/mol. The SMILES string of the molecule is NC(=O)c1ccccc1COc1ccc(N)cc1F. The van der Waals surface area contributed by atoms with Gasteiger partial charge >= 0.3 is 0 Å². The second-order valence-electron chi connectivity index (χ2n) is 4.00. The maximum Gasteiger partial charge on any atom is 0.249 e. The van der Waals surface area contributed by atoms with Gasteiger partial charge in [0.15, 0.2) is 11.6 Å². The average molecular weight is 260 g/mol. The summed E-state index contributed by atoms with van der Waals surface area (Å²) in [7, 11) is 0. The van der Waals surface area contributed by atoms with Gasteiger partial charge in [-0.05, 0) is 18.2 Å². The van der Waals surface area contributed by atoms with E-state index in [-0.39, 0.29) is 12.4 Å². The van der Waals surface area contributed by atoms with E-state index in [0.29, 0.717) is 16.8 Å². The van der Waals surface area contributed by atoms with Gasteiger partial charge in [-0.3, -0.25) is 4.79 Å². The molecule has 2 rings (SSSR count). The average Bonchev–Trinajstić information content (AvgIpc) is 2.38. The Kier molecular flexibility index (Phi) is 3.66. The zero-order valence-corrected chi connectivity index (χ0v) is 10.1. The van der Waals surface area contributed by atoms with Crippen molar-refractivity contribution in [2.75, 3.05) is 5.73 Å². The third-order valence-electron chi connectivity index (χ3n) is 2.62. The van der Waals surface area contributed by atoms with Crippen LogP contribution in [0.2, 0.25) is 0 Å². The Morgan fingerprint density at radius 2 is 1.95 bits per heavy atom. The van der Waals surface area contributed by atoms with Gasteiger partial charge in [-0.25, -0.2) is 4.39 Å². The molecule has 19 heavy (non-hydrogen) atoms. The minimum absolute atomic E-state index is 0.0555. The van der Waals surface area contributed by atoms with E-state index in [9.17, 15) is 9.18 Å². The van der Waals surface area contributed by atoms with Gasteiger partial charge < -0.3 is 16.2 Å². The highest BCUT2D eigenvalue weighted by Gasteiger charge is 2.09. The number of nitrogens with two attached hydrogens (primary N) is 2. The minimum atomic E-state index is -0.545. The highest BCUT2D eigenvalue weighted by molar-refractivity contribution is 5.94. The van der Waals surface area contributed by atoms with Crippen LogP contribution in [0.5, 0.6) is 5.75 Å². The van der Waals surface area contributed by atoms with Crippen molar-refractivity contribution >= 4 is 11.6 Å². The van der Waals surface area contributed by atoms with E-state index in [1.165, 1.54) is 12.1 Å². The maximum atomic E-state index is 13.5. The molecule has 2 aromatic rings. The first-order valence-electron chi connectivity index (χ1n) is 5.63. The molecule has 0 saturated heterocycles. The third kappa shape index (κ3) is 3.01. The number of amides is 1. The molecular formula is C14H13FN2O2. The lowest BCUT2D eigenvalue weighted by atomic mass is 10.1. The van der Waals surface area contributed by atoms with Crippen molar-refractivity contribution in [2.24, 2.45) is 5.73 Å². The van der Waals surface area contributed by atoms with E-state index in [1.807, 2.05) is 0 Å². The van der Waals surface area contributed by atoms with Crippen molar-refractivity contribution in [1.29, 1.82) is 0 Å². The van der Waals surface area contributed by atoms with Crippen molar-refractivity contribution in [3.63, 3.8) is 0 Å². The lowest BCUT2D eigenvalue weighted by Crippen LogP contribution is -2.14. The summed E-state index contributed by atoms with van der Waals surface area (Å²) in [5.41, 5.74) is 12.0. The third-order valence-corrected chi connectivity index (χ3v) is 2.62. The number of primary amides is 1. The highest BCUT2D eigenvalue weighted by Crippen LogP contribution is 2.21. The molecule has 2 aromatic carbocycles. The Hall–Kier alpha value is -2.56. The van der Waals surface area contributed by atoms with Crippen molar-refractivity contribution in [3.05, 3.63) is 59.4 Å². The molecular weight excluding hydrogens is 247 g/mol. The van der Waals surface area contributed by atoms with E-state index in [2.05, 4.69) is 0 Å². The quantitative estimate of drug-likeness (QED) is 0.826. The summed E-state index contributed by atoms with van der Waals surface area (Å²) in [5.74, 6) is -1.01. The Morgan fingerprint density at radius 3 is 2.63 bits per heavy atom. The Balaban J connectivity index is 2.17. The molecule has 4 nitrogen and oxygen atoms in total. The molecule has 0 saturated carbocycles. The summed E-state index contributed by atoms with van der Waals surface area (Å²) in [5, 5.41) is 0. The van der Waals surface area contributed by atoms with Crippen molar-refractivity contribution in [2.45, 2.75) is 6.61 Å². The summed E-state index contributed by atoms with van der Waals surface area (Å²) < 4.78 is 18.8. The van der Waals surface area contributed by atoms with Crippen LogP contribution in [0.3, 0.4) is 0 Å². The Morgan fingerprint density at radius 1 is 1.21 bits per heavy atom. The van der Waals surface area contributed by atoms with Crippen LogP contribution in [0.25, 0.3) is 0 Å². The summed E-state index contributed by atoms with van der Waals surface area (Å²) in [4.78, 5) is 11.2. The highest BCUT2D eigenvalue weighted by atomic mass is 19.1. The van der Waals surface area contributed by atoms with Crippen LogP contribution in [0.1, 0.15) is 15.9 Å². The molecule has 4 N–H and O–H groups in total. The van der Waals surface area contributed by atoms with Crippen molar-refractivity contribution in [1.82, 2.24) is 0 Å². The number of benzene rings is 2. The fourth-order valence-corrected chi connectivity index (χ4v) is 1.68. The molecule has 0 radical (unpaired) electrons. The number of carbonyl (C=O) groups is 1. The van der Waals surface area contributed by atoms with Crippen molar-refractivity contribution < 1.29 is 13.9 Å². The summed E-state index contributed by atoms with van der Waals surface area (Å²) >= 11 is 0. The van der Waals surface area contributed by atoms with Crippen LogP contribution in [-0.4, -0.2) is 5.91 Å². The number of halogens is 1. The van der Waals surface area contributed by atoms with Gasteiger partial charge in [0.05, 0.1) is 0 Å². The van der Waals surface area contributed by atoms with Crippen LogP contribution < -0.4 is 16.2 Å². The Bertz CT molecular complexity index is 614. The van der Waals surface area contributed by atoms with Crippen LogP contribution in [0, 0.1) is 5.82 Å². The molecule has 0 spiro atoms. The maximum absolute atomic E-state index is 13.5. The largest absolute Gasteiger partial charge is 0.486 e. The monoisotopic (exact) mass is 260 g/mol. The number of carbonyl (C=O) groups excluding carboxylic acids is 1. The minimum Gasteiger partial charge on any atom is -0.486 e. The molecule has 0 fully saturated rings. The number of anilines is 1. The predicted octanol–water partition coefficient (Wildman–Crippen LogP) is 2.09. The molecule has 0 unspecified atom stereocenters. The van der Waals surface area contributed by atoms with E-state index in [0.717, 1.165) is 0 Å². The normalized spacial score (nSPS) is 10.2. The fraction of sp³-hybridized carbons (Fsp3) is 0.0714. The molecule has 98 valence electrons. The van der Waals surface area contributed by atoms with Crippen LogP contribution in [-0.2, 0) is 6.61 Å². The Labute approximate surface area is 109 Å². The van der Waals surface area contributed by atoms with Crippen molar-refractivity contribution in [3.8, 4) is 5.75 Å². The number of nitrogen functional groups attached to an aromatic ring is 1. The van der Waals surface area contributed by atoms with Gasteiger partial charge in [0.25, 0.3) is 0 Å². The van der Waals surface area contributed by atoms with Gasteiger partial charge in [0.2, 0.25) is 5.91 Å². The molecule has 0 aliphatic rings. The number of ether oxygens (including phenoxy) is 1.